The summed E-state index contributed by atoms with van der Waals surface area (Å²) >= 11 is 0. The van der Waals surface area contributed by atoms with Crippen molar-refractivity contribution in [2.24, 2.45) is 7.05 Å². The fourth-order valence-corrected chi connectivity index (χ4v) is 2.83. The molecule has 0 amide bonds. The molecular formula is C15H21N5. The number of likely N-dealkylation sites (tertiary alicyclic amines) is 1. The van der Waals surface area contributed by atoms with Crippen LogP contribution in [0, 0.1) is 6.92 Å². The van der Waals surface area contributed by atoms with Crippen molar-refractivity contribution in [2.75, 3.05) is 13.1 Å². The maximum Gasteiger partial charge on any atom is 0.131 e. The van der Waals surface area contributed by atoms with E-state index >= 15 is 0 Å². The van der Waals surface area contributed by atoms with Gasteiger partial charge in [0.15, 0.2) is 0 Å². The predicted octanol–water partition coefficient (Wildman–Crippen LogP) is 1.90. The third kappa shape index (κ3) is 3.04. The minimum atomic E-state index is 0.514. The average Bonchev–Trinajstić information content (AvgIpc) is 2.85. The van der Waals surface area contributed by atoms with Crippen molar-refractivity contribution in [3.63, 3.8) is 0 Å². The summed E-state index contributed by atoms with van der Waals surface area (Å²) in [5, 5.41) is 4.22. The zero-order chi connectivity index (χ0) is 13.9. The molecule has 20 heavy (non-hydrogen) atoms. The number of hydrogen-bond acceptors (Lipinski definition) is 4. The van der Waals surface area contributed by atoms with Crippen molar-refractivity contribution in [3.05, 3.63) is 41.7 Å². The van der Waals surface area contributed by atoms with Crippen molar-refractivity contribution < 1.29 is 0 Å². The third-order valence-electron chi connectivity index (χ3n) is 3.93. The number of piperidine rings is 1. The quantitative estimate of drug-likeness (QED) is 0.855. The molecule has 0 bridgehead atoms. The minimum Gasteiger partial charge on any atom is -0.299 e. The molecule has 0 unspecified atom stereocenters. The lowest BCUT2D eigenvalue weighted by molar-refractivity contribution is 0.201. The molecule has 3 rings (SSSR count). The van der Waals surface area contributed by atoms with Crippen LogP contribution in [0.15, 0.2) is 24.7 Å². The normalized spacial score (nSPS) is 17.5. The molecule has 0 atom stereocenters. The van der Waals surface area contributed by atoms with Gasteiger partial charge in [-0.05, 0) is 38.9 Å². The van der Waals surface area contributed by atoms with E-state index in [1.807, 2.05) is 37.1 Å². The molecule has 0 saturated carbocycles. The Hall–Kier alpha value is -1.75. The lowest BCUT2D eigenvalue weighted by Gasteiger charge is -2.30. The van der Waals surface area contributed by atoms with E-state index in [0.717, 1.165) is 44.0 Å². The van der Waals surface area contributed by atoms with Crippen molar-refractivity contribution in [3.8, 4) is 0 Å². The van der Waals surface area contributed by atoms with Gasteiger partial charge in [0.05, 0.1) is 6.20 Å². The summed E-state index contributed by atoms with van der Waals surface area (Å²) in [6, 6.07) is 1.96. The van der Waals surface area contributed by atoms with Crippen LogP contribution in [-0.4, -0.2) is 37.7 Å². The average molecular weight is 271 g/mol. The zero-order valence-electron chi connectivity index (χ0n) is 12.2. The molecule has 1 fully saturated rings. The highest BCUT2D eigenvalue weighted by Gasteiger charge is 2.22. The van der Waals surface area contributed by atoms with Crippen LogP contribution >= 0.6 is 0 Å². The molecule has 106 valence electrons. The monoisotopic (exact) mass is 271 g/mol. The first kappa shape index (κ1) is 13.2. The summed E-state index contributed by atoms with van der Waals surface area (Å²) < 4.78 is 1.86. The second kappa shape index (κ2) is 5.71. The minimum absolute atomic E-state index is 0.514. The van der Waals surface area contributed by atoms with E-state index in [1.54, 1.807) is 0 Å². The highest BCUT2D eigenvalue weighted by molar-refractivity contribution is 5.07. The Morgan fingerprint density at radius 3 is 2.75 bits per heavy atom. The van der Waals surface area contributed by atoms with Crippen molar-refractivity contribution in [1.29, 1.82) is 0 Å². The van der Waals surface area contributed by atoms with Crippen LogP contribution in [-0.2, 0) is 13.6 Å². The maximum atomic E-state index is 4.57. The predicted molar refractivity (Wildman–Crippen MR) is 77.2 cm³/mol. The van der Waals surface area contributed by atoms with Gasteiger partial charge in [0, 0.05) is 43.2 Å². The molecule has 0 N–H and O–H groups in total. The molecule has 0 aromatic carbocycles. The fourth-order valence-electron chi connectivity index (χ4n) is 2.83. The number of hydrogen-bond donors (Lipinski definition) is 0. The van der Waals surface area contributed by atoms with E-state index in [0.29, 0.717) is 5.92 Å². The number of rotatable bonds is 3. The van der Waals surface area contributed by atoms with E-state index in [1.165, 1.54) is 5.56 Å². The van der Waals surface area contributed by atoms with Crippen molar-refractivity contribution >= 4 is 0 Å². The molecule has 2 aromatic heterocycles. The maximum absolute atomic E-state index is 4.57. The van der Waals surface area contributed by atoms with Crippen molar-refractivity contribution in [1.82, 2.24) is 24.6 Å². The van der Waals surface area contributed by atoms with Gasteiger partial charge in [0.1, 0.15) is 5.82 Å². The van der Waals surface area contributed by atoms with Crippen LogP contribution < -0.4 is 0 Å². The van der Waals surface area contributed by atoms with E-state index in [2.05, 4.69) is 26.2 Å². The Bertz CT molecular complexity index is 569. The van der Waals surface area contributed by atoms with E-state index < -0.39 is 0 Å². The number of nitrogens with zero attached hydrogens (tertiary/aromatic N) is 5. The van der Waals surface area contributed by atoms with Gasteiger partial charge in [0.2, 0.25) is 0 Å². The lowest BCUT2D eigenvalue weighted by atomic mass is 9.95. The second-order valence-corrected chi connectivity index (χ2v) is 5.63. The van der Waals surface area contributed by atoms with Crippen LogP contribution in [0.4, 0.5) is 0 Å². The molecule has 0 radical (unpaired) electrons. The van der Waals surface area contributed by atoms with Gasteiger partial charge in [-0.1, -0.05) is 0 Å². The first-order valence-electron chi connectivity index (χ1n) is 7.20. The Kier molecular flexibility index (Phi) is 3.78. The first-order valence-corrected chi connectivity index (χ1v) is 7.20. The van der Waals surface area contributed by atoms with Gasteiger partial charge < -0.3 is 0 Å². The summed E-state index contributed by atoms with van der Waals surface area (Å²) in [6.07, 6.45) is 8.21. The fraction of sp³-hybridized carbons (Fsp3) is 0.533. The van der Waals surface area contributed by atoms with E-state index in [9.17, 15) is 0 Å². The second-order valence-electron chi connectivity index (χ2n) is 5.63. The molecule has 3 heterocycles. The van der Waals surface area contributed by atoms with Gasteiger partial charge in [-0.25, -0.2) is 9.97 Å². The molecule has 5 heteroatoms. The Morgan fingerprint density at radius 1 is 1.30 bits per heavy atom. The molecule has 0 aliphatic carbocycles. The van der Waals surface area contributed by atoms with Gasteiger partial charge in [0.25, 0.3) is 0 Å². The van der Waals surface area contributed by atoms with Crippen LogP contribution in [0.1, 0.15) is 35.8 Å². The Balaban J connectivity index is 1.57. The summed E-state index contributed by atoms with van der Waals surface area (Å²) in [4.78, 5) is 11.5. The van der Waals surface area contributed by atoms with Gasteiger partial charge >= 0.3 is 0 Å². The largest absolute Gasteiger partial charge is 0.299 e. The highest BCUT2D eigenvalue weighted by Crippen LogP contribution is 2.26. The summed E-state index contributed by atoms with van der Waals surface area (Å²) in [6.45, 7) is 5.24. The van der Waals surface area contributed by atoms with Crippen LogP contribution in [0.3, 0.4) is 0 Å². The molecule has 1 aliphatic heterocycles. The molecule has 2 aromatic rings. The SMILES string of the molecule is Cc1ccnc(C2CCN(Cc3cnn(C)c3)CC2)n1. The molecule has 0 spiro atoms. The van der Waals surface area contributed by atoms with Gasteiger partial charge in [-0.2, -0.15) is 5.10 Å². The number of aromatic nitrogens is 4. The van der Waals surface area contributed by atoms with Gasteiger partial charge in [-0.3, -0.25) is 9.58 Å². The topological polar surface area (TPSA) is 46.8 Å². The first-order chi connectivity index (χ1) is 9.70. The van der Waals surface area contributed by atoms with Crippen LogP contribution in [0.2, 0.25) is 0 Å². The Labute approximate surface area is 119 Å². The molecular weight excluding hydrogens is 250 g/mol. The summed E-state index contributed by atoms with van der Waals surface area (Å²) in [5.74, 6) is 1.53. The third-order valence-corrected chi connectivity index (χ3v) is 3.93. The molecule has 1 aliphatic rings. The van der Waals surface area contributed by atoms with Crippen LogP contribution in [0.5, 0.6) is 0 Å². The summed E-state index contributed by atoms with van der Waals surface area (Å²) in [7, 11) is 1.96. The van der Waals surface area contributed by atoms with Crippen molar-refractivity contribution in [2.45, 2.75) is 32.2 Å². The number of aryl methyl sites for hydroxylation is 2. The van der Waals surface area contributed by atoms with E-state index in [-0.39, 0.29) is 0 Å². The smallest absolute Gasteiger partial charge is 0.131 e. The van der Waals surface area contributed by atoms with Crippen LogP contribution in [0.25, 0.3) is 0 Å². The van der Waals surface area contributed by atoms with E-state index in [4.69, 9.17) is 0 Å². The highest BCUT2D eigenvalue weighted by atomic mass is 15.2. The Morgan fingerprint density at radius 2 is 2.10 bits per heavy atom. The lowest BCUT2D eigenvalue weighted by Crippen LogP contribution is -2.32. The standard InChI is InChI=1S/C15H21N5/c1-12-3-6-16-15(18-12)14-4-7-20(8-5-14)11-13-9-17-19(2)10-13/h3,6,9-10,14H,4-5,7-8,11H2,1-2H3. The zero-order valence-corrected chi connectivity index (χ0v) is 12.2. The molecule has 1 saturated heterocycles. The van der Waals surface area contributed by atoms with Gasteiger partial charge in [-0.15, -0.1) is 0 Å². The summed E-state index contributed by atoms with van der Waals surface area (Å²) in [5.41, 5.74) is 2.35. The molecule has 5 nitrogen and oxygen atoms in total.